The molecular weight excluding hydrogens is 312 g/mol. The van der Waals surface area contributed by atoms with E-state index in [4.69, 9.17) is 10.2 Å². The van der Waals surface area contributed by atoms with Gasteiger partial charge in [-0.1, -0.05) is 0 Å². The first-order valence-corrected chi connectivity index (χ1v) is 6.26. The van der Waals surface area contributed by atoms with E-state index >= 15 is 0 Å². The molecule has 2 N–H and O–H groups in total. The Hall–Kier alpha value is -1.10. The molecular formula is C10H14O8S2. The molecule has 0 rings (SSSR count). The number of carbonyl (C=O) groups excluding carboxylic acids is 4. The molecule has 8 nitrogen and oxygen atoms in total. The van der Waals surface area contributed by atoms with Crippen molar-refractivity contribution in [2.45, 2.75) is 25.0 Å². The highest BCUT2D eigenvalue weighted by atomic mass is 32.1. The number of rotatable bonds is 9. The Morgan fingerprint density at radius 3 is 1.35 bits per heavy atom. The van der Waals surface area contributed by atoms with Crippen molar-refractivity contribution in [3.63, 3.8) is 0 Å². The topological polar surface area (TPSA) is 127 Å². The second-order valence-corrected chi connectivity index (χ2v) is 4.56. The van der Waals surface area contributed by atoms with Gasteiger partial charge in [0.2, 0.25) is 0 Å². The lowest BCUT2D eigenvalue weighted by Crippen LogP contribution is -2.28. The number of hydrogen-bond acceptors (Lipinski definition) is 8. The maximum Gasteiger partial charge on any atom is 0.335 e. The summed E-state index contributed by atoms with van der Waals surface area (Å²) in [5.41, 5.74) is 0. The zero-order valence-electron chi connectivity index (χ0n) is 10.2. The molecule has 0 aliphatic rings. The number of hydrogen-bond donors (Lipinski definition) is 4. The summed E-state index contributed by atoms with van der Waals surface area (Å²) >= 11 is 6.76. The Kier molecular flexibility index (Phi) is 9.21. The lowest BCUT2D eigenvalue weighted by atomic mass is 10.3. The molecule has 0 aliphatic heterocycles. The van der Waals surface area contributed by atoms with Crippen LogP contribution in [0.2, 0.25) is 0 Å². The molecule has 2 unspecified atom stereocenters. The van der Waals surface area contributed by atoms with Gasteiger partial charge in [-0.25, -0.2) is 9.59 Å². The molecule has 0 bridgehead atoms. The lowest BCUT2D eigenvalue weighted by molar-refractivity contribution is -0.162. The van der Waals surface area contributed by atoms with Crippen LogP contribution in [0, 0.1) is 0 Å². The predicted octanol–water partition coefficient (Wildman–Crippen LogP) is -1.51. The Morgan fingerprint density at radius 1 is 0.800 bits per heavy atom. The largest absolute Gasteiger partial charge is 0.460 e. The van der Waals surface area contributed by atoms with Crippen molar-refractivity contribution >= 4 is 47.4 Å². The third-order valence-electron chi connectivity index (χ3n) is 1.85. The molecule has 0 aliphatic carbocycles. The number of esters is 2. The maximum atomic E-state index is 11.1. The molecule has 0 amide bonds. The van der Waals surface area contributed by atoms with Crippen molar-refractivity contribution in [3.8, 4) is 0 Å². The zero-order chi connectivity index (χ0) is 15.7. The predicted molar refractivity (Wildman–Crippen MR) is 71.2 cm³/mol. The van der Waals surface area contributed by atoms with E-state index in [1.54, 1.807) is 0 Å². The van der Waals surface area contributed by atoms with E-state index in [0.29, 0.717) is 0 Å². The van der Waals surface area contributed by atoms with Crippen LogP contribution in [0.25, 0.3) is 0 Å². The summed E-state index contributed by atoms with van der Waals surface area (Å²) in [4.78, 5) is 43.2. The van der Waals surface area contributed by atoms with Gasteiger partial charge in [0.25, 0.3) is 0 Å². The van der Waals surface area contributed by atoms with E-state index < -0.39 is 47.2 Å². The summed E-state index contributed by atoms with van der Waals surface area (Å²) in [5.74, 6) is -2.12. The maximum absolute atomic E-state index is 11.1. The van der Waals surface area contributed by atoms with Gasteiger partial charge in [-0.05, 0) is 0 Å². The average molecular weight is 326 g/mol. The lowest BCUT2D eigenvalue weighted by Gasteiger charge is -2.11. The highest BCUT2D eigenvalue weighted by molar-refractivity contribution is 7.96. The van der Waals surface area contributed by atoms with Crippen LogP contribution in [0.3, 0.4) is 0 Å². The number of aliphatic hydroxyl groups excluding tert-OH is 2. The van der Waals surface area contributed by atoms with E-state index in [2.05, 4.69) is 34.7 Å². The van der Waals surface area contributed by atoms with Crippen LogP contribution in [0.1, 0.15) is 12.8 Å². The van der Waals surface area contributed by atoms with Gasteiger partial charge < -0.3 is 19.7 Å². The normalized spacial score (nSPS) is 13.2. The van der Waals surface area contributed by atoms with E-state index in [-0.39, 0.29) is 13.2 Å². The smallest absolute Gasteiger partial charge is 0.335 e. The van der Waals surface area contributed by atoms with Crippen LogP contribution in [-0.2, 0) is 28.7 Å². The molecule has 0 aromatic heterocycles. The average Bonchev–Trinajstić information content (AvgIpc) is 2.32. The fourth-order valence-corrected chi connectivity index (χ4v) is 1.32. The van der Waals surface area contributed by atoms with Crippen molar-refractivity contribution in [2.24, 2.45) is 0 Å². The Balaban J connectivity index is 3.85. The van der Waals surface area contributed by atoms with Crippen molar-refractivity contribution in [2.75, 3.05) is 13.2 Å². The molecule has 10 heteroatoms. The van der Waals surface area contributed by atoms with Crippen LogP contribution >= 0.6 is 25.3 Å². The van der Waals surface area contributed by atoms with Crippen molar-refractivity contribution < 1.29 is 38.9 Å². The first kappa shape index (κ1) is 18.9. The first-order valence-electron chi connectivity index (χ1n) is 5.37. The van der Waals surface area contributed by atoms with Gasteiger partial charge in [-0.2, -0.15) is 0 Å². The van der Waals surface area contributed by atoms with Gasteiger partial charge in [0.05, 0.1) is 12.8 Å². The van der Waals surface area contributed by atoms with Gasteiger partial charge in [-0.3, -0.25) is 9.59 Å². The zero-order valence-corrected chi connectivity index (χ0v) is 12.0. The van der Waals surface area contributed by atoms with E-state index in [1.165, 1.54) is 0 Å². The van der Waals surface area contributed by atoms with Crippen LogP contribution in [-0.4, -0.2) is 57.8 Å². The van der Waals surface area contributed by atoms with Crippen molar-refractivity contribution in [1.29, 1.82) is 0 Å². The molecule has 0 saturated carbocycles. The Labute approximate surface area is 125 Å². The second-order valence-electron chi connectivity index (χ2n) is 3.56. The highest BCUT2D eigenvalue weighted by Gasteiger charge is 2.21. The fraction of sp³-hybridized carbons (Fsp3) is 0.600. The quantitative estimate of drug-likeness (QED) is 0.229. The third kappa shape index (κ3) is 8.91. The number of ether oxygens (including phenoxy) is 2. The monoisotopic (exact) mass is 326 g/mol. The van der Waals surface area contributed by atoms with Gasteiger partial charge in [0, 0.05) is 0 Å². The molecule has 0 aromatic rings. The van der Waals surface area contributed by atoms with Gasteiger partial charge in [0.15, 0.2) is 22.4 Å². The van der Waals surface area contributed by atoms with E-state index in [9.17, 15) is 19.2 Å². The minimum absolute atomic E-state index is 0.371. The Morgan fingerprint density at radius 2 is 1.10 bits per heavy atom. The SMILES string of the molecule is O=C(S)CC(O)C(=O)OCCOC(=O)C(O)CC(=O)S. The van der Waals surface area contributed by atoms with Crippen molar-refractivity contribution in [3.05, 3.63) is 0 Å². The summed E-state index contributed by atoms with van der Waals surface area (Å²) in [7, 11) is 0. The summed E-state index contributed by atoms with van der Waals surface area (Å²) < 4.78 is 9.00. The summed E-state index contributed by atoms with van der Waals surface area (Å²) in [6, 6.07) is 0. The van der Waals surface area contributed by atoms with Crippen LogP contribution in [0.4, 0.5) is 0 Å². The van der Waals surface area contributed by atoms with Gasteiger partial charge >= 0.3 is 11.9 Å². The molecule has 0 spiro atoms. The molecule has 20 heavy (non-hydrogen) atoms. The molecule has 114 valence electrons. The molecule has 2 atom stereocenters. The number of thiol groups is 2. The van der Waals surface area contributed by atoms with E-state index in [1.807, 2.05) is 0 Å². The number of carbonyl (C=O) groups is 4. The fourth-order valence-electron chi connectivity index (χ4n) is 0.974. The minimum atomic E-state index is -1.64. The minimum Gasteiger partial charge on any atom is -0.460 e. The molecule has 0 heterocycles. The summed E-state index contributed by atoms with van der Waals surface area (Å²) in [6.45, 7) is -0.742. The van der Waals surface area contributed by atoms with Crippen molar-refractivity contribution in [1.82, 2.24) is 0 Å². The first-order chi connectivity index (χ1) is 9.23. The molecule has 0 saturated heterocycles. The third-order valence-corrected chi connectivity index (χ3v) is 2.22. The molecule has 0 aromatic carbocycles. The second kappa shape index (κ2) is 9.75. The van der Waals surface area contributed by atoms with Gasteiger partial charge in [-0.15, -0.1) is 25.3 Å². The van der Waals surface area contributed by atoms with Crippen LogP contribution < -0.4 is 0 Å². The standard InChI is InChI=1S/C10H14O8S2/c11-5(3-7(13)19)9(15)17-1-2-18-10(16)6(12)4-8(14)20/h5-6,11-12H,1-4H2,(H,13,19)(H,14,20). The van der Waals surface area contributed by atoms with Crippen LogP contribution in [0.15, 0.2) is 0 Å². The number of aliphatic hydroxyl groups is 2. The highest BCUT2D eigenvalue weighted by Crippen LogP contribution is 2.00. The van der Waals surface area contributed by atoms with Crippen LogP contribution in [0.5, 0.6) is 0 Å². The summed E-state index contributed by atoms with van der Waals surface area (Å²) in [6.07, 6.45) is -4.26. The summed E-state index contributed by atoms with van der Waals surface area (Å²) in [5, 5.41) is 16.9. The Bertz CT molecular complexity index is 347. The molecule has 0 fully saturated rings. The van der Waals surface area contributed by atoms with Gasteiger partial charge in [0.1, 0.15) is 13.2 Å². The van der Waals surface area contributed by atoms with E-state index in [0.717, 1.165) is 0 Å². The molecule has 0 radical (unpaired) electrons.